The fourth-order valence-electron chi connectivity index (χ4n) is 4.03. The van der Waals surface area contributed by atoms with E-state index in [0.29, 0.717) is 26.8 Å². The molecule has 2 heterocycles. The Morgan fingerprint density at radius 2 is 1.79 bits per heavy atom. The highest BCUT2D eigenvalue weighted by Crippen LogP contribution is 2.44. The van der Waals surface area contributed by atoms with Crippen LogP contribution in [0.25, 0.3) is 16.0 Å². The summed E-state index contributed by atoms with van der Waals surface area (Å²) in [5.74, 6) is -2.43. The number of Topliss-reactive ketones (excluding diaryl/α,β-unsaturated/α-hetero) is 1. The maximum atomic E-state index is 13.7. The number of nitrogens with zero attached hydrogens (tertiary/aromatic N) is 2. The van der Waals surface area contributed by atoms with E-state index < -0.39 is 23.5 Å². The molecule has 4 aromatic rings. The molecule has 1 aromatic heterocycles. The van der Waals surface area contributed by atoms with Gasteiger partial charge in [-0.05, 0) is 66.1 Å². The number of amides is 1. The molecule has 1 amide bonds. The number of carbonyl (C=O) groups is 2. The highest BCUT2D eigenvalue weighted by molar-refractivity contribution is 7.22. The molecule has 1 aliphatic rings. The van der Waals surface area contributed by atoms with Crippen LogP contribution >= 0.6 is 22.9 Å². The predicted molar refractivity (Wildman–Crippen MR) is 132 cm³/mol. The quantitative estimate of drug-likeness (QED) is 0.207. The summed E-state index contributed by atoms with van der Waals surface area (Å²) < 4.78 is 14.6. The van der Waals surface area contributed by atoms with Gasteiger partial charge in [-0.2, -0.15) is 0 Å². The van der Waals surface area contributed by atoms with E-state index >= 15 is 0 Å². The van der Waals surface area contributed by atoms with Crippen LogP contribution in [-0.2, 0) is 16.0 Å². The molecule has 1 aliphatic heterocycles. The SMILES string of the molecule is CCc1ccc2nc(N3C(=O)C(=O)/C(=C(/O)c4ccc(Cl)cc4)[C@@H]3c3ccc(F)cc3)sc2c1. The van der Waals surface area contributed by atoms with E-state index in [9.17, 15) is 19.1 Å². The predicted octanol–water partition coefficient (Wildman–Crippen LogP) is 6.28. The van der Waals surface area contributed by atoms with Crippen LogP contribution in [0.4, 0.5) is 9.52 Å². The van der Waals surface area contributed by atoms with E-state index in [4.69, 9.17) is 11.6 Å². The van der Waals surface area contributed by atoms with Crippen molar-refractivity contribution >= 4 is 55.7 Å². The van der Waals surface area contributed by atoms with Gasteiger partial charge in [0.05, 0.1) is 21.8 Å². The van der Waals surface area contributed by atoms with Crippen molar-refractivity contribution in [1.82, 2.24) is 4.98 Å². The number of rotatable bonds is 4. The Morgan fingerprint density at radius 3 is 2.47 bits per heavy atom. The second-order valence-corrected chi connectivity index (χ2v) is 9.33. The maximum Gasteiger partial charge on any atom is 0.301 e. The van der Waals surface area contributed by atoms with Crippen molar-refractivity contribution in [3.8, 4) is 0 Å². The third-order valence-corrected chi connectivity index (χ3v) is 7.07. The van der Waals surface area contributed by atoms with E-state index in [1.807, 2.05) is 25.1 Å². The number of anilines is 1. The number of halogens is 2. The number of ketones is 1. The molecule has 0 radical (unpaired) electrons. The zero-order valence-corrected chi connectivity index (χ0v) is 19.5. The first-order valence-corrected chi connectivity index (χ1v) is 11.8. The van der Waals surface area contributed by atoms with Gasteiger partial charge in [0.2, 0.25) is 0 Å². The van der Waals surface area contributed by atoms with E-state index in [2.05, 4.69) is 4.98 Å². The van der Waals surface area contributed by atoms with Crippen molar-refractivity contribution in [3.63, 3.8) is 0 Å². The van der Waals surface area contributed by atoms with Gasteiger partial charge < -0.3 is 5.11 Å². The molecule has 1 atom stereocenters. The second kappa shape index (κ2) is 8.66. The molecule has 5 nitrogen and oxygen atoms in total. The van der Waals surface area contributed by atoms with Gasteiger partial charge in [-0.1, -0.05) is 48.1 Å². The standard InChI is InChI=1S/C26H18ClFN2O3S/c1-2-14-3-12-19-20(13-14)34-26(29-19)30-22(15-6-10-18(28)11-7-15)21(24(32)25(30)33)23(31)16-4-8-17(27)9-5-16/h3-13,22,31H,2H2,1H3/b23-21+/t22-/m0/s1. The first-order valence-electron chi connectivity index (χ1n) is 10.6. The van der Waals surface area contributed by atoms with Gasteiger partial charge in [-0.3, -0.25) is 14.5 Å². The molecule has 1 fully saturated rings. The molecule has 8 heteroatoms. The fraction of sp³-hybridized carbons (Fsp3) is 0.115. The number of aromatic nitrogens is 1. The molecule has 0 spiro atoms. The van der Waals surface area contributed by atoms with Crippen LogP contribution in [0.3, 0.4) is 0 Å². The lowest BCUT2D eigenvalue weighted by Gasteiger charge is -2.23. The number of aliphatic hydroxyl groups is 1. The van der Waals surface area contributed by atoms with E-state index in [1.54, 1.807) is 24.3 Å². The third-order valence-electron chi connectivity index (χ3n) is 5.80. The molecular formula is C26H18ClFN2O3S. The molecule has 5 rings (SSSR count). The molecule has 170 valence electrons. The molecule has 34 heavy (non-hydrogen) atoms. The Bertz CT molecular complexity index is 1460. The number of thiazole rings is 1. The minimum atomic E-state index is -0.970. The summed E-state index contributed by atoms with van der Waals surface area (Å²) in [7, 11) is 0. The number of benzene rings is 3. The van der Waals surface area contributed by atoms with Crippen molar-refractivity contribution < 1.29 is 19.1 Å². The summed E-state index contributed by atoms with van der Waals surface area (Å²) in [5, 5.41) is 11.9. The normalized spacial score (nSPS) is 17.6. The lowest BCUT2D eigenvalue weighted by Crippen LogP contribution is -2.29. The molecule has 0 unspecified atom stereocenters. The van der Waals surface area contributed by atoms with E-state index in [-0.39, 0.29) is 11.3 Å². The molecule has 1 N–H and O–H groups in total. The Balaban J connectivity index is 1.71. The summed E-state index contributed by atoms with van der Waals surface area (Å²) in [6.45, 7) is 2.05. The summed E-state index contributed by atoms with van der Waals surface area (Å²) in [5.41, 5.74) is 2.56. The minimum absolute atomic E-state index is 0.0903. The van der Waals surface area contributed by atoms with Gasteiger partial charge in [-0.15, -0.1) is 0 Å². The van der Waals surface area contributed by atoms with Crippen LogP contribution in [0.15, 0.2) is 72.3 Å². The third kappa shape index (κ3) is 3.77. The highest BCUT2D eigenvalue weighted by atomic mass is 35.5. The topological polar surface area (TPSA) is 70.5 Å². The van der Waals surface area contributed by atoms with Gasteiger partial charge in [-0.25, -0.2) is 9.37 Å². The lowest BCUT2D eigenvalue weighted by molar-refractivity contribution is -0.132. The zero-order valence-electron chi connectivity index (χ0n) is 18.0. The number of aryl methyl sites for hydroxylation is 1. The summed E-state index contributed by atoms with van der Waals surface area (Å²) >= 11 is 7.25. The number of hydrogen-bond donors (Lipinski definition) is 1. The van der Waals surface area contributed by atoms with Crippen LogP contribution in [0, 0.1) is 5.82 Å². The van der Waals surface area contributed by atoms with Gasteiger partial charge in [0.25, 0.3) is 5.78 Å². The molecule has 0 aliphatic carbocycles. The van der Waals surface area contributed by atoms with Gasteiger partial charge in [0.1, 0.15) is 11.6 Å². The van der Waals surface area contributed by atoms with Crippen LogP contribution in [0.5, 0.6) is 0 Å². The van der Waals surface area contributed by atoms with Crippen molar-refractivity contribution in [1.29, 1.82) is 0 Å². The monoisotopic (exact) mass is 492 g/mol. The van der Waals surface area contributed by atoms with Crippen LogP contribution in [-0.4, -0.2) is 21.8 Å². The Labute approximate surface area is 203 Å². The second-order valence-electron chi connectivity index (χ2n) is 7.88. The summed E-state index contributed by atoms with van der Waals surface area (Å²) in [4.78, 5) is 32.4. The largest absolute Gasteiger partial charge is 0.507 e. The van der Waals surface area contributed by atoms with Gasteiger partial charge in [0, 0.05) is 10.6 Å². The van der Waals surface area contributed by atoms with Crippen LogP contribution in [0.1, 0.15) is 29.7 Å². The fourth-order valence-corrected chi connectivity index (χ4v) is 5.22. The number of carbonyl (C=O) groups excluding carboxylic acids is 2. The van der Waals surface area contributed by atoms with Crippen LogP contribution in [0.2, 0.25) is 5.02 Å². The maximum absolute atomic E-state index is 13.7. The molecular weight excluding hydrogens is 475 g/mol. The van der Waals surface area contributed by atoms with Crippen LogP contribution < -0.4 is 4.90 Å². The summed E-state index contributed by atoms with van der Waals surface area (Å²) in [6, 6.07) is 16.7. The number of hydrogen-bond acceptors (Lipinski definition) is 5. The van der Waals surface area contributed by atoms with E-state index in [1.165, 1.54) is 40.5 Å². The average molecular weight is 493 g/mol. The average Bonchev–Trinajstić information content (AvgIpc) is 3.37. The number of aliphatic hydroxyl groups excluding tert-OH is 1. The van der Waals surface area contributed by atoms with Gasteiger partial charge >= 0.3 is 5.91 Å². The minimum Gasteiger partial charge on any atom is -0.507 e. The van der Waals surface area contributed by atoms with Crippen molar-refractivity contribution in [2.24, 2.45) is 0 Å². The van der Waals surface area contributed by atoms with Crippen molar-refractivity contribution in [3.05, 3.63) is 99.8 Å². The molecule has 0 saturated carbocycles. The molecule has 0 bridgehead atoms. The Hall–Kier alpha value is -3.55. The zero-order chi connectivity index (χ0) is 24.0. The lowest BCUT2D eigenvalue weighted by atomic mass is 9.95. The van der Waals surface area contributed by atoms with E-state index in [0.717, 1.165) is 16.7 Å². The first-order chi connectivity index (χ1) is 16.4. The Morgan fingerprint density at radius 1 is 1.09 bits per heavy atom. The molecule has 3 aromatic carbocycles. The number of fused-ring (bicyclic) bond motifs is 1. The van der Waals surface area contributed by atoms with Crippen molar-refractivity contribution in [2.75, 3.05) is 4.90 Å². The molecule has 1 saturated heterocycles. The first kappa shape index (κ1) is 22.3. The van der Waals surface area contributed by atoms with Crippen molar-refractivity contribution in [2.45, 2.75) is 19.4 Å². The smallest absolute Gasteiger partial charge is 0.301 e. The highest BCUT2D eigenvalue weighted by Gasteiger charge is 2.48. The van der Waals surface area contributed by atoms with Gasteiger partial charge in [0.15, 0.2) is 5.13 Å². The Kier molecular flexibility index (Phi) is 5.67. The summed E-state index contributed by atoms with van der Waals surface area (Å²) in [6.07, 6.45) is 0.852.